The van der Waals surface area contributed by atoms with E-state index in [9.17, 15) is 9.59 Å². The summed E-state index contributed by atoms with van der Waals surface area (Å²) in [4.78, 5) is 38.5. The van der Waals surface area contributed by atoms with Crippen molar-refractivity contribution >= 4 is 46.0 Å². The molecule has 2 fully saturated rings. The first-order valence-corrected chi connectivity index (χ1v) is 12.1. The van der Waals surface area contributed by atoms with Gasteiger partial charge in [0.15, 0.2) is 5.65 Å². The monoisotopic (exact) mass is 497 g/mol. The average Bonchev–Trinajstić information content (AvgIpc) is 3.57. The van der Waals surface area contributed by atoms with Crippen molar-refractivity contribution in [1.29, 1.82) is 0 Å². The van der Waals surface area contributed by atoms with Crippen LogP contribution in [0.15, 0.2) is 47.8 Å². The first-order chi connectivity index (χ1) is 16.2. The summed E-state index contributed by atoms with van der Waals surface area (Å²) < 4.78 is 1.54. The van der Waals surface area contributed by atoms with Crippen LogP contribution in [-0.4, -0.2) is 51.0 Å². The van der Waals surface area contributed by atoms with Crippen molar-refractivity contribution in [2.24, 2.45) is 0 Å². The molecular weight excluding hydrogens is 473 g/mol. The van der Waals surface area contributed by atoms with Gasteiger partial charge in [-0.25, -0.2) is 14.3 Å². The third-order valence-corrected chi connectivity index (χ3v) is 7.61. The second-order valence-corrected chi connectivity index (χ2v) is 10.1. The molecule has 7 nitrogen and oxygen atoms in total. The zero-order valence-electron chi connectivity index (χ0n) is 19.1. The van der Waals surface area contributed by atoms with E-state index in [2.05, 4.69) is 29.5 Å². The second-order valence-electron chi connectivity index (χ2n) is 9.29. The molecule has 1 amide bonds. The second kappa shape index (κ2) is 8.40. The molecule has 1 aliphatic heterocycles. The lowest BCUT2D eigenvalue weighted by Crippen LogP contribution is -2.54. The topological polar surface area (TPSA) is 71.3 Å². The molecule has 5 rings (SSSR count). The number of para-hydroxylation sites is 1. The molecule has 0 radical (unpaired) electrons. The molecule has 1 atom stereocenters. The minimum Gasteiger partial charge on any atom is -0.350 e. The zero-order valence-corrected chi connectivity index (χ0v) is 20.6. The highest BCUT2D eigenvalue weighted by molar-refractivity contribution is 6.41. The summed E-state index contributed by atoms with van der Waals surface area (Å²) in [6, 6.07) is 9.53. The Bertz CT molecular complexity index is 1380. The van der Waals surface area contributed by atoms with Crippen LogP contribution in [0.5, 0.6) is 0 Å². The van der Waals surface area contributed by atoms with E-state index in [1.54, 1.807) is 15.5 Å². The van der Waals surface area contributed by atoms with E-state index in [0.29, 0.717) is 36.5 Å². The zero-order chi connectivity index (χ0) is 24.2. The largest absolute Gasteiger partial charge is 0.355 e. The van der Waals surface area contributed by atoms with Gasteiger partial charge < -0.3 is 9.80 Å². The maximum absolute atomic E-state index is 13.5. The van der Waals surface area contributed by atoms with Crippen LogP contribution in [0, 0.1) is 0 Å². The van der Waals surface area contributed by atoms with Gasteiger partial charge in [0, 0.05) is 25.7 Å². The molecule has 0 spiro atoms. The van der Waals surface area contributed by atoms with Crippen LogP contribution in [0.3, 0.4) is 0 Å². The molecule has 0 unspecified atom stereocenters. The molecular formula is C25H25Cl2N5O2. The van der Waals surface area contributed by atoms with E-state index in [4.69, 9.17) is 23.2 Å². The van der Waals surface area contributed by atoms with Crippen molar-refractivity contribution in [1.82, 2.24) is 19.4 Å². The highest BCUT2D eigenvalue weighted by atomic mass is 35.5. The number of hydrogen-bond donors (Lipinski definition) is 0. The van der Waals surface area contributed by atoms with Crippen LogP contribution in [0.1, 0.15) is 32.3 Å². The van der Waals surface area contributed by atoms with Gasteiger partial charge in [0.1, 0.15) is 11.0 Å². The number of pyridine rings is 1. The van der Waals surface area contributed by atoms with E-state index in [-0.39, 0.29) is 27.5 Å². The van der Waals surface area contributed by atoms with Gasteiger partial charge in [-0.3, -0.25) is 4.79 Å². The molecule has 34 heavy (non-hydrogen) atoms. The summed E-state index contributed by atoms with van der Waals surface area (Å²) in [5, 5.41) is 1.06. The van der Waals surface area contributed by atoms with Crippen LogP contribution in [0.2, 0.25) is 10.2 Å². The van der Waals surface area contributed by atoms with Crippen molar-refractivity contribution in [3.8, 4) is 5.69 Å². The predicted molar refractivity (Wildman–Crippen MR) is 135 cm³/mol. The summed E-state index contributed by atoms with van der Waals surface area (Å²) in [5.74, 6) is 0.386. The Balaban J connectivity index is 1.70. The molecule has 1 aliphatic carbocycles. The van der Waals surface area contributed by atoms with Gasteiger partial charge in [-0.1, -0.05) is 54.9 Å². The number of amides is 1. The van der Waals surface area contributed by atoms with Crippen molar-refractivity contribution in [2.45, 2.75) is 38.1 Å². The fraction of sp³-hybridized carbons (Fsp3) is 0.360. The van der Waals surface area contributed by atoms with Gasteiger partial charge in [0.25, 0.3) is 0 Å². The molecule has 3 heterocycles. The number of nitrogens with zero attached hydrogens (tertiary/aromatic N) is 5. The van der Waals surface area contributed by atoms with Crippen molar-refractivity contribution in [2.75, 3.05) is 24.5 Å². The maximum atomic E-state index is 13.5. The number of hydrogen-bond acceptors (Lipinski definition) is 5. The Labute approximate surface area is 207 Å². The highest BCUT2D eigenvalue weighted by Gasteiger charge is 2.41. The number of carbonyl (C=O) groups excluding carboxylic acids is 1. The van der Waals surface area contributed by atoms with Crippen molar-refractivity contribution in [3.05, 3.63) is 69.2 Å². The fourth-order valence-electron chi connectivity index (χ4n) is 4.76. The molecule has 2 aromatic heterocycles. The van der Waals surface area contributed by atoms with Crippen LogP contribution in [0.4, 0.5) is 5.82 Å². The molecule has 1 saturated heterocycles. The predicted octanol–water partition coefficient (Wildman–Crippen LogP) is 4.36. The molecule has 1 saturated carbocycles. The first-order valence-electron chi connectivity index (χ1n) is 11.3. The van der Waals surface area contributed by atoms with Gasteiger partial charge in [-0.2, -0.15) is 4.98 Å². The van der Waals surface area contributed by atoms with Gasteiger partial charge in [0.05, 0.1) is 16.1 Å². The summed E-state index contributed by atoms with van der Waals surface area (Å²) in [6.07, 6.45) is 3.45. The smallest absolute Gasteiger partial charge is 0.350 e. The molecule has 3 aromatic rings. The third kappa shape index (κ3) is 3.77. The highest BCUT2D eigenvalue weighted by Crippen LogP contribution is 2.49. The lowest BCUT2D eigenvalue weighted by atomic mass is 9.96. The minimum atomic E-state index is -0.429. The molecule has 176 valence electrons. The lowest BCUT2D eigenvalue weighted by Gasteiger charge is -2.40. The number of fused-ring (bicyclic) bond motifs is 1. The third-order valence-electron chi connectivity index (χ3n) is 6.94. The van der Waals surface area contributed by atoms with Gasteiger partial charge in [-0.05, 0) is 49.0 Å². The number of benzene rings is 1. The lowest BCUT2D eigenvalue weighted by molar-refractivity contribution is -0.126. The van der Waals surface area contributed by atoms with Gasteiger partial charge >= 0.3 is 5.69 Å². The number of carbonyl (C=O) groups is 1. The standard InChI is InChI=1S/C25H25Cl2N5O2/c1-4-20(33)30-11-12-31(15(2)14-30)22-16-13-18(26)21(27)28-23(16)32(24(34)29-22)19-8-6-5-7-17(19)25(3)9-10-25/h4-8,13,15H,1,9-12,14H2,2-3H3/t15-/m0/s1. The Kier molecular flexibility index (Phi) is 5.65. The van der Waals surface area contributed by atoms with E-state index in [0.717, 1.165) is 24.1 Å². The Morgan fingerprint density at radius 1 is 1.21 bits per heavy atom. The summed E-state index contributed by atoms with van der Waals surface area (Å²) in [6.45, 7) is 9.28. The molecule has 9 heteroatoms. The van der Waals surface area contributed by atoms with Crippen LogP contribution >= 0.6 is 23.2 Å². The van der Waals surface area contributed by atoms with E-state index in [1.165, 1.54) is 6.08 Å². The summed E-state index contributed by atoms with van der Waals surface area (Å²) in [5.41, 5.74) is 1.86. The SMILES string of the molecule is C=CC(=O)N1CCN(c2nc(=O)n(-c3ccccc3C3(C)CC3)c3nc(Cl)c(Cl)cc23)[C@@H](C)C1. The summed E-state index contributed by atoms with van der Waals surface area (Å²) in [7, 11) is 0. The maximum Gasteiger partial charge on any atom is 0.355 e. The molecule has 1 aromatic carbocycles. The molecule has 2 aliphatic rings. The number of aromatic nitrogens is 3. The quantitative estimate of drug-likeness (QED) is 0.395. The minimum absolute atomic E-state index is 0.0276. The normalized spacial score (nSPS) is 19.4. The Hall–Kier alpha value is -2.90. The van der Waals surface area contributed by atoms with Crippen LogP contribution in [-0.2, 0) is 10.2 Å². The molecule has 0 bridgehead atoms. The molecule has 0 N–H and O–H groups in total. The van der Waals surface area contributed by atoms with Crippen LogP contribution in [0.25, 0.3) is 16.7 Å². The number of halogens is 2. The van der Waals surface area contributed by atoms with E-state index in [1.807, 2.05) is 30.0 Å². The van der Waals surface area contributed by atoms with Gasteiger partial charge in [-0.15, -0.1) is 0 Å². The Morgan fingerprint density at radius 3 is 2.62 bits per heavy atom. The van der Waals surface area contributed by atoms with E-state index < -0.39 is 5.69 Å². The fourth-order valence-corrected chi connectivity index (χ4v) is 5.04. The first kappa shape index (κ1) is 22.9. The summed E-state index contributed by atoms with van der Waals surface area (Å²) >= 11 is 12.7. The van der Waals surface area contributed by atoms with Crippen molar-refractivity contribution in [3.63, 3.8) is 0 Å². The Morgan fingerprint density at radius 2 is 1.94 bits per heavy atom. The number of rotatable bonds is 4. The van der Waals surface area contributed by atoms with Crippen LogP contribution < -0.4 is 10.6 Å². The van der Waals surface area contributed by atoms with Crippen molar-refractivity contribution < 1.29 is 4.79 Å². The number of piperazine rings is 1. The average molecular weight is 498 g/mol. The number of anilines is 1. The van der Waals surface area contributed by atoms with Gasteiger partial charge in [0.2, 0.25) is 5.91 Å². The van der Waals surface area contributed by atoms with E-state index >= 15 is 0 Å².